The van der Waals surface area contributed by atoms with Crippen molar-refractivity contribution in [2.24, 2.45) is 11.7 Å². The van der Waals surface area contributed by atoms with E-state index < -0.39 is 0 Å². The molecule has 1 fully saturated rings. The van der Waals surface area contributed by atoms with Gasteiger partial charge in [0, 0.05) is 28.7 Å². The number of benzene rings is 1. The summed E-state index contributed by atoms with van der Waals surface area (Å²) in [5.41, 5.74) is 9.59. The molecule has 24 heavy (non-hydrogen) atoms. The van der Waals surface area contributed by atoms with E-state index in [0.717, 1.165) is 37.6 Å². The highest BCUT2D eigenvalue weighted by Crippen LogP contribution is 2.31. The highest BCUT2D eigenvalue weighted by molar-refractivity contribution is 5.85. The lowest BCUT2D eigenvalue weighted by Gasteiger charge is -2.37. The Kier molecular flexibility index (Phi) is 5.94. The van der Waals surface area contributed by atoms with Crippen molar-refractivity contribution in [3.8, 4) is 0 Å². The van der Waals surface area contributed by atoms with Gasteiger partial charge in [-0.1, -0.05) is 31.0 Å². The number of H-pyrrole nitrogens is 1. The van der Waals surface area contributed by atoms with Crippen molar-refractivity contribution >= 4 is 29.2 Å². The van der Waals surface area contributed by atoms with Gasteiger partial charge in [0.1, 0.15) is 0 Å². The van der Waals surface area contributed by atoms with Crippen LogP contribution in [0.4, 0.5) is 0 Å². The summed E-state index contributed by atoms with van der Waals surface area (Å²) in [6.07, 6.45) is 4.92. The molecular formula is C19H28ClN3O. The van der Waals surface area contributed by atoms with E-state index in [0.29, 0.717) is 6.54 Å². The largest absolute Gasteiger partial charge is 0.358 e. The average molecular weight is 350 g/mol. The van der Waals surface area contributed by atoms with Crippen molar-refractivity contribution in [3.05, 3.63) is 35.5 Å². The fraction of sp³-hybridized carbons (Fsp3) is 0.526. The summed E-state index contributed by atoms with van der Waals surface area (Å²) >= 11 is 0. The number of hydrogen-bond acceptors (Lipinski definition) is 2. The minimum absolute atomic E-state index is 0. The monoisotopic (exact) mass is 349 g/mol. The van der Waals surface area contributed by atoms with Crippen molar-refractivity contribution in [2.45, 2.75) is 51.5 Å². The van der Waals surface area contributed by atoms with Crippen molar-refractivity contribution in [1.82, 2.24) is 10.3 Å². The van der Waals surface area contributed by atoms with Gasteiger partial charge in [0.25, 0.3) is 0 Å². The van der Waals surface area contributed by atoms with Gasteiger partial charge in [-0.3, -0.25) is 4.79 Å². The predicted molar refractivity (Wildman–Crippen MR) is 102 cm³/mol. The van der Waals surface area contributed by atoms with Gasteiger partial charge in [-0.15, -0.1) is 12.4 Å². The second-order valence-corrected chi connectivity index (χ2v) is 7.12. The van der Waals surface area contributed by atoms with E-state index in [-0.39, 0.29) is 29.8 Å². The minimum atomic E-state index is -0.362. The van der Waals surface area contributed by atoms with Crippen molar-refractivity contribution in [2.75, 3.05) is 6.54 Å². The Labute approximate surface area is 150 Å². The van der Waals surface area contributed by atoms with Crippen LogP contribution in [0.3, 0.4) is 0 Å². The first-order valence-electron chi connectivity index (χ1n) is 8.62. The summed E-state index contributed by atoms with van der Waals surface area (Å²) in [6.45, 7) is 4.77. The number of amides is 1. The molecule has 1 aromatic heterocycles. The van der Waals surface area contributed by atoms with E-state index >= 15 is 0 Å². The Bertz CT molecular complexity index is 708. The predicted octanol–water partition coefficient (Wildman–Crippen LogP) is 3.46. The van der Waals surface area contributed by atoms with Crippen LogP contribution in [-0.2, 0) is 11.2 Å². The molecule has 1 aliphatic rings. The average Bonchev–Trinajstić information content (AvgIpc) is 2.82. The molecule has 2 unspecified atom stereocenters. The van der Waals surface area contributed by atoms with Gasteiger partial charge in [-0.25, -0.2) is 0 Å². The summed E-state index contributed by atoms with van der Waals surface area (Å²) in [4.78, 5) is 15.9. The number of rotatable bonds is 4. The zero-order valence-corrected chi connectivity index (χ0v) is 15.3. The molecule has 0 bridgehead atoms. The minimum Gasteiger partial charge on any atom is -0.358 e. The summed E-state index contributed by atoms with van der Waals surface area (Å²) in [6, 6.07) is 8.31. The number of halogens is 1. The number of fused-ring (bicyclic) bond motifs is 1. The number of carbonyl (C=O) groups excluding carboxylic acids is 1. The van der Waals surface area contributed by atoms with E-state index in [1.165, 1.54) is 16.6 Å². The summed E-state index contributed by atoms with van der Waals surface area (Å²) in [7, 11) is 0. The van der Waals surface area contributed by atoms with E-state index in [2.05, 4.69) is 35.4 Å². The van der Waals surface area contributed by atoms with Crippen LogP contribution in [0.5, 0.6) is 0 Å². The number of hydrogen-bond donors (Lipinski definition) is 3. The van der Waals surface area contributed by atoms with Crippen LogP contribution in [0.2, 0.25) is 0 Å². The molecule has 1 heterocycles. The zero-order valence-electron chi connectivity index (χ0n) is 14.5. The molecule has 1 amide bonds. The van der Waals surface area contributed by atoms with Crippen LogP contribution in [-0.4, -0.2) is 23.0 Å². The molecule has 0 aliphatic heterocycles. The van der Waals surface area contributed by atoms with Crippen LogP contribution in [0.25, 0.3) is 10.9 Å². The van der Waals surface area contributed by atoms with Crippen LogP contribution >= 0.6 is 12.4 Å². The number of carbonyl (C=O) groups is 1. The zero-order chi connectivity index (χ0) is 16.4. The fourth-order valence-corrected chi connectivity index (χ4v) is 3.88. The van der Waals surface area contributed by atoms with Crippen LogP contribution < -0.4 is 11.1 Å². The maximum absolute atomic E-state index is 12.5. The Morgan fingerprint density at radius 3 is 2.88 bits per heavy atom. The molecule has 1 saturated carbocycles. The molecule has 0 saturated heterocycles. The van der Waals surface area contributed by atoms with Crippen LogP contribution in [0, 0.1) is 12.8 Å². The third-order valence-electron chi connectivity index (χ3n) is 5.27. The highest BCUT2D eigenvalue weighted by Gasteiger charge is 2.37. The Morgan fingerprint density at radius 2 is 2.12 bits per heavy atom. The molecule has 3 rings (SSSR count). The molecule has 0 spiro atoms. The van der Waals surface area contributed by atoms with E-state index in [1.807, 2.05) is 13.0 Å². The van der Waals surface area contributed by atoms with E-state index in [4.69, 9.17) is 5.73 Å². The van der Waals surface area contributed by atoms with E-state index in [9.17, 15) is 4.79 Å². The molecule has 4 nitrogen and oxygen atoms in total. The Hall–Kier alpha value is -1.52. The maximum Gasteiger partial charge on any atom is 0.224 e. The van der Waals surface area contributed by atoms with Gasteiger partial charge >= 0.3 is 0 Å². The quantitative estimate of drug-likeness (QED) is 0.791. The first-order valence-corrected chi connectivity index (χ1v) is 8.62. The highest BCUT2D eigenvalue weighted by atomic mass is 35.5. The fourth-order valence-electron chi connectivity index (χ4n) is 3.88. The summed E-state index contributed by atoms with van der Waals surface area (Å²) in [5, 5.41) is 4.36. The summed E-state index contributed by atoms with van der Waals surface area (Å²) < 4.78 is 0. The normalized spacial score (nSPS) is 23.7. The molecule has 1 aromatic carbocycles. The van der Waals surface area contributed by atoms with E-state index in [1.54, 1.807) is 0 Å². The number of aryl methyl sites for hydroxylation is 1. The molecule has 5 heteroatoms. The maximum atomic E-state index is 12.5. The third-order valence-corrected chi connectivity index (χ3v) is 5.27. The van der Waals surface area contributed by atoms with Gasteiger partial charge in [-0.2, -0.15) is 0 Å². The SMILES string of the molecule is Cc1[nH]c2ccccc2c1CCNC(=O)C1CCCCC1(C)N.Cl. The standard InChI is InChI=1S/C19H27N3O.ClH/c1-13-14(15-7-3-4-9-17(15)22-13)10-12-21-18(23)16-8-5-6-11-19(16,2)20;/h3-4,7,9,16,22H,5-6,8,10-12,20H2,1-2H3,(H,21,23);1H. The Morgan fingerprint density at radius 1 is 1.38 bits per heavy atom. The van der Waals surface area contributed by atoms with Gasteiger partial charge < -0.3 is 16.0 Å². The number of aromatic nitrogens is 1. The lowest BCUT2D eigenvalue weighted by Crippen LogP contribution is -2.53. The molecule has 132 valence electrons. The van der Waals surface area contributed by atoms with Gasteiger partial charge in [-0.05, 0) is 44.7 Å². The molecular weight excluding hydrogens is 322 g/mol. The number of aromatic amines is 1. The van der Waals surface area contributed by atoms with Gasteiger partial charge in [0.2, 0.25) is 5.91 Å². The lowest BCUT2D eigenvalue weighted by molar-refractivity contribution is -0.128. The molecule has 4 N–H and O–H groups in total. The molecule has 2 atom stereocenters. The van der Waals surface area contributed by atoms with Gasteiger partial charge in [0.15, 0.2) is 0 Å². The Balaban J connectivity index is 0.00000208. The number of para-hydroxylation sites is 1. The first kappa shape index (κ1) is 18.8. The number of nitrogens with two attached hydrogens (primary N) is 1. The molecule has 0 radical (unpaired) electrons. The topological polar surface area (TPSA) is 70.9 Å². The second kappa shape index (κ2) is 7.58. The van der Waals surface area contributed by atoms with Crippen LogP contribution in [0.1, 0.15) is 43.9 Å². The van der Waals surface area contributed by atoms with Crippen molar-refractivity contribution < 1.29 is 4.79 Å². The number of nitrogens with one attached hydrogen (secondary N) is 2. The molecule has 2 aromatic rings. The van der Waals surface area contributed by atoms with Crippen molar-refractivity contribution in [3.63, 3.8) is 0 Å². The van der Waals surface area contributed by atoms with Gasteiger partial charge in [0.05, 0.1) is 5.92 Å². The molecule has 1 aliphatic carbocycles. The van der Waals surface area contributed by atoms with Crippen molar-refractivity contribution in [1.29, 1.82) is 0 Å². The third kappa shape index (κ3) is 3.76. The summed E-state index contributed by atoms with van der Waals surface area (Å²) in [5.74, 6) is 0.0625. The second-order valence-electron chi connectivity index (χ2n) is 7.12. The smallest absolute Gasteiger partial charge is 0.224 e. The lowest BCUT2D eigenvalue weighted by atomic mass is 9.74. The van der Waals surface area contributed by atoms with Crippen LogP contribution in [0.15, 0.2) is 24.3 Å². The first-order chi connectivity index (χ1) is 11.0.